The van der Waals surface area contributed by atoms with Crippen molar-refractivity contribution < 1.29 is 4.79 Å². The summed E-state index contributed by atoms with van der Waals surface area (Å²) in [5.41, 5.74) is 1.17. The smallest absolute Gasteiger partial charge is 0.223 e. The summed E-state index contributed by atoms with van der Waals surface area (Å²) in [6.07, 6.45) is 7.17. The predicted molar refractivity (Wildman–Crippen MR) is 72.3 cm³/mol. The number of hydrogen-bond acceptors (Lipinski definition) is 3. The van der Waals surface area contributed by atoms with E-state index >= 15 is 0 Å². The Balaban J connectivity index is 1.74. The summed E-state index contributed by atoms with van der Waals surface area (Å²) in [5, 5.41) is 4.23. The Morgan fingerprint density at radius 3 is 3.06 bits per heavy atom. The molecule has 4 nitrogen and oxygen atoms in total. The topological polar surface area (TPSA) is 38.1 Å². The molecule has 1 amide bonds. The molecule has 0 N–H and O–H groups in total. The van der Waals surface area contributed by atoms with Gasteiger partial charge in [-0.3, -0.25) is 9.48 Å². The largest absolute Gasteiger partial charge is 0.334 e. The molecule has 1 atom stereocenters. The predicted octanol–water partition coefficient (Wildman–Crippen LogP) is 1.84. The number of carbonyl (C=O) groups excluding carboxylic acids is 1. The molecule has 0 radical (unpaired) electrons. The van der Waals surface area contributed by atoms with Crippen molar-refractivity contribution in [3.8, 4) is 0 Å². The number of amides is 1. The lowest BCUT2D eigenvalue weighted by Crippen LogP contribution is -2.40. The Labute approximate surface area is 112 Å². The molecule has 2 heterocycles. The molecular formula is C13H19N3OS. The van der Waals surface area contributed by atoms with Gasteiger partial charge in [0.15, 0.2) is 0 Å². The number of thioether (sulfide) groups is 1. The number of hydrogen-bond donors (Lipinski definition) is 0. The van der Waals surface area contributed by atoms with E-state index in [1.54, 1.807) is 0 Å². The third-order valence-corrected chi connectivity index (χ3v) is 4.74. The zero-order valence-corrected chi connectivity index (χ0v) is 11.5. The van der Waals surface area contributed by atoms with Crippen molar-refractivity contribution in [2.75, 3.05) is 18.1 Å². The van der Waals surface area contributed by atoms with Gasteiger partial charge in [-0.15, -0.1) is 0 Å². The maximum absolute atomic E-state index is 12.3. The average molecular weight is 265 g/mol. The first-order valence-corrected chi connectivity index (χ1v) is 7.75. The molecule has 0 spiro atoms. The van der Waals surface area contributed by atoms with Crippen LogP contribution in [0.2, 0.25) is 0 Å². The fourth-order valence-corrected chi connectivity index (χ4v) is 3.56. The molecule has 1 saturated heterocycles. The van der Waals surface area contributed by atoms with Gasteiger partial charge in [0, 0.05) is 43.3 Å². The van der Waals surface area contributed by atoms with E-state index in [1.807, 2.05) is 35.9 Å². The molecule has 1 aromatic heterocycles. The van der Waals surface area contributed by atoms with Crippen LogP contribution in [0.4, 0.5) is 0 Å². The Kier molecular flexibility index (Phi) is 3.33. The lowest BCUT2D eigenvalue weighted by Gasteiger charge is -2.35. The van der Waals surface area contributed by atoms with Crippen LogP contribution in [0.15, 0.2) is 12.4 Å². The first-order chi connectivity index (χ1) is 8.74. The summed E-state index contributed by atoms with van der Waals surface area (Å²) in [6, 6.07) is 0.226. The number of rotatable bonds is 3. The molecular weight excluding hydrogens is 246 g/mol. The molecule has 3 rings (SSSR count). The van der Waals surface area contributed by atoms with E-state index in [4.69, 9.17) is 0 Å². The van der Waals surface area contributed by atoms with Crippen molar-refractivity contribution in [1.29, 1.82) is 0 Å². The fourth-order valence-electron chi connectivity index (χ4n) is 2.48. The zero-order valence-electron chi connectivity index (χ0n) is 10.7. The standard InChI is InChI=1S/C13H19N3OS/c1-15-8-11(7-14-15)12-9-18-5-4-16(12)13(17)6-10-2-3-10/h7-8,10,12H,2-6,9H2,1H3/t12-/m0/s1. The molecule has 0 unspecified atom stereocenters. The highest BCUT2D eigenvalue weighted by Gasteiger charge is 2.32. The van der Waals surface area contributed by atoms with E-state index in [0.29, 0.717) is 11.8 Å². The van der Waals surface area contributed by atoms with Crippen LogP contribution in [0, 0.1) is 5.92 Å². The summed E-state index contributed by atoms with van der Waals surface area (Å²) in [7, 11) is 1.93. The second-order valence-corrected chi connectivity index (χ2v) is 6.42. The molecule has 2 fully saturated rings. The SMILES string of the molecule is Cn1cc([C@@H]2CSCCN2C(=O)CC2CC2)cn1. The molecule has 0 aromatic carbocycles. The summed E-state index contributed by atoms with van der Waals surface area (Å²) in [4.78, 5) is 14.4. The molecule has 2 aliphatic rings. The number of aryl methyl sites for hydroxylation is 1. The van der Waals surface area contributed by atoms with Gasteiger partial charge in [-0.2, -0.15) is 16.9 Å². The van der Waals surface area contributed by atoms with Gasteiger partial charge in [-0.25, -0.2) is 0 Å². The minimum atomic E-state index is 0.226. The van der Waals surface area contributed by atoms with Crippen LogP contribution in [0.5, 0.6) is 0 Å². The van der Waals surface area contributed by atoms with Gasteiger partial charge in [-0.05, 0) is 18.8 Å². The van der Waals surface area contributed by atoms with Gasteiger partial charge in [0.25, 0.3) is 0 Å². The van der Waals surface area contributed by atoms with Gasteiger partial charge < -0.3 is 4.90 Å². The number of nitrogens with zero attached hydrogens (tertiary/aromatic N) is 3. The van der Waals surface area contributed by atoms with E-state index in [9.17, 15) is 4.79 Å². The minimum Gasteiger partial charge on any atom is -0.334 e. The van der Waals surface area contributed by atoms with Crippen molar-refractivity contribution in [3.05, 3.63) is 18.0 Å². The van der Waals surface area contributed by atoms with E-state index < -0.39 is 0 Å². The molecule has 1 aliphatic carbocycles. The molecule has 0 bridgehead atoms. The molecule has 1 aliphatic heterocycles. The van der Waals surface area contributed by atoms with Crippen LogP contribution >= 0.6 is 11.8 Å². The van der Waals surface area contributed by atoms with E-state index in [1.165, 1.54) is 18.4 Å². The Morgan fingerprint density at radius 2 is 2.39 bits per heavy atom. The highest BCUT2D eigenvalue weighted by atomic mass is 32.2. The third kappa shape index (κ3) is 2.55. The lowest BCUT2D eigenvalue weighted by molar-refractivity contribution is -0.133. The van der Waals surface area contributed by atoms with Crippen LogP contribution in [-0.2, 0) is 11.8 Å². The summed E-state index contributed by atoms with van der Waals surface area (Å²) >= 11 is 1.93. The van der Waals surface area contributed by atoms with Crippen molar-refractivity contribution in [1.82, 2.24) is 14.7 Å². The van der Waals surface area contributed by atoms with Crippen LogP contribution < -0.4 is 0 Å². The van der Waals surface area contributed by atoms with Crippen LogP contribution in [0.3, 0.4) is 0 Å². The zero-order chi connectivity index (χ0) is 12.5. The molecule has 1 saturated carbocycles. The first kappa shape index (κ1) is 12.1. The molecule has 98 valence electrons. The Hall–Kier alpha value is -0.970. The van der Waals surface area contributed by atoms with Gasteiger partial charge in [0.1, 0.15) is 0 Å². The lowest BCUT2D eigenvalue weighted by atomic mass is 10.1. The molecule has 18 heavy (non-hydrogen) atoms. The van der Waals surface area contributed by atoms with Crippen molar-refractivity contribution in [2.45, 2.75) is 25.3 Å². The summed E-state index contributed by atoms with van der Waals surface area (Å²) in [6.45, 7) is 0.885. The van der Waals surface area contributed by atoms with Crippen LogP contribution in [0.25, 0.3) is 0 Å². The van der Waals surface area contributed by atoms with Crippen LogP contribution in [-0.4, -0.2) is 38.6 Å². The summed E-state index contributed by atoms with van der Waals surface area (Å²) < 4.78 is 1.82. The maximum atomic E-state index is 12.3. The van der Waals surface area contributed by atoms with Gasteiger partial charge in [-0.1, -0.05) is 0 Å². The normalized spacial score (nSPS) is 24.3. The maximum Gasteiger partial charge on any atom is 0.223 e. The van der Waals surface area contributed by atoms with Gasteiger partial charge in [0.2, 0.25) is 5.91 Å². The second kappa shape index (κ2) is 4.96. The molecule has 5 heteroatoms. The van der Waals surface area contributed by atoms with E-state index in [-0.39, 0.29) is 6.04 Å². The quantitative estimate of drug-likeness (QED) is 0.837. The Morgan fingerprint density at radius 1 is 1.56 bits per heavy atom. The van der Waals surface area contributed by atoms with Crippen LogP contribution in [0.1, 0.15) is 30.9 Å². The van der Waals surface area contributed by atoms with E-state index in [0.717, 1.165) is 24.5 Å². The third-order valence-electron chi connectivity index (χ3n) is 3.72. The monoisotopic (exact) mass is 265 g/mol. The van der Waals surface area contributed by atoms with Crippen molar-refractivity contribution in [2.24, 2.45) is 13.0 Å². The van der Waals surface area contributed by atoms with Crippen molar-refractivity contribution >= 4 is 17.7 Å². The minimum absolute atomic E-state index is 0.226. The van der Waals surface area contributed by atoms with Gasteiger partial charge >= 0.3 is 0 Å². The highest BCUT2D eigenvalue weighted by Crippen LogP contribution is 2.36. The average Bonchev–Trinajstić information content (AvgIpc) is 3.08. The Bertz CT molecular complexity index is 441. The highest BCUT2D eigenvalue weighted by molar-refractivity contribution is 7.99. The van der Waals surface area contributed by atoms with Gasteiger partial charge in [0.05, 0.1) is 12.2 Å². The van der Waals surface area contributed by atoms with E-state index in [2.05, 4.69) is 10.00 Å². The fraction of sp³-hybridized carbons (Fsp3) is 0.692. The number of carbonyl (C=O) groups is 1. The molecule has 1 aromatic rings. The number of aromatic nitrogens is 2. The van der Waals surface area contributed by atoms with Crippen molar-refractivity contribution in [3.63, 3.8) is 0 Å². The summed E-state index contributed by atoms with van der Waals surface area (Å²) in [5.74, 6) is 3.07. The second-order valence-electron chi connectivity index (χ2n) is 5.27. The first-order valence-electron chi connectivity index (χ1n) is 6.60.